The zero-order valence-electron chi connectivity index (χ0n) is 13.0. The molecular weight excluding hydrogens is 288 g/mol. The molecule has 0 aromatic carbocycles. The number of methoxy groups -OCH3 is 1. The van der Waals surface area contributed by atoms with Gasteiger partial charge in [0.2, 0.25) is 17.7 Å². The fraction of sp³-hybridized carbons (Fsp3) is 0.714. The van der Waals surface area contributed by atoms with Gasteiger partial charge in [0, 0.05) is 39.6 Å². The fourth-order valence-corrected chi connectivity index (χ4v) is 2.45. The average molecular weight is 310 g/mol. The minimum absolute atomic E-state index is 0.0254. The van der Waals surface area contributed by atoms with Crippen LogP contribution in [0.4, 0.5) is 0 Å². The molecule has 8 nitrogen and oxygen atoms in total. The van der Waals surface area contributed by atoms with Crippen molar-refractivity contribution >= 4 is 11.8 Å². The minimum Gasteiger partial charge on any atom is -0.377 e. The van der Waals surface area contributed by atoms with Crippen molar-refractivity contribution in [3.63, 3.8) is 0 Å². The van der Waals surface area contributed by atoms with E-state index in [9.17, 15) is 9.59 Å². The Morgan fingerprint density at radius 3 is 3.09 bits per heavy atom. The first-order valence-electron chi connectivity index (χ1n) is 7.50. The van der Waals surface area contributed by atoms with Crippen LogP contribution in [0.25, 0.3) is 0 Å². The monoisotopic (exact) mass is 310 g/mol. The Kier molecular flexibility index (Phi) is 5.88. The standard InChI is InChI=1S/C14H22N4O4/c1-3-18-8-10(4-5-13(18)19)14(20)15-7-6-12-16-11(9-21-2)17-22-12/h10H,3-9H2,1-2H3,(H,15,20)/t10-/m0/s1. The second-order valence-corrected chi connectivity index (χ2v) is 5.25. The number of ether oxygens (including phenoxy) is 1. The van der Waals surface area contributed by atoms with Crippen LogP contribution in [0.3, 0.4) is 0 Å². The van der Waals surface area contributed by atoms with Crippen molar-refractivity contribution in [2.24, 2.45) is 5.92 Å². The SMILES string of the molecule is CCN1C[C@@H](C(=O)NCCc2nc(COC)no2)CCC1=O. The second kappa shape index (κ2) is 7.88. The number of nitrogens with zero attached hydrogens (tertiary/aromatic N) is 3. The van der Waals surface area contributed by atoms with Gasteiger partial charge in [-0.1, -0.05) is 5.16 Å². The van der Waals surface area contributed by atoms with Crippen molar-refractivity contribution in [2.45, 2.75) is 32.8 Å². The Bertz CT molecular complexity index is 517. The molecule has 0 saturated carbocycles. The highest BCUT2D eigenvalue weighted by Crippen LogP contribution is 2.17. The first-order valence-corrected chi connectivity index (χ1v) is 7.50. The summed E-state index contributed by atoms with van der Waals surface area (Å²) in [5, 5.41) is 6.62. The van der Waals surface area contributed by atoms with Crippen molar-refractivity contribution in [2.75, 3.05) is 26.7 Å². The number of nitrogens with one attached hydrogen (secondary N) is 1. The first-order chi connectivity index (χ1) is 10.6. The Hall–Kier alpha value is -1.96. The molecule has 1 fully saturated rings. The number of piperidine rings is 1. The van der Waals surface area contributed by atoms with Crippen LogP contribution >= 0.6 is 0 Å². The summed E-state index contributed by atoms with van der Waals surface area (Å²) in [4.78, 5) is 29.6. The van der Waals surface area contributed by atoms with E-state index in [2.05, 4.69) is 15.5 Å². The highest BCUT2D eigenvalue weighted by molar-refractivity contribution is 5.83. The van der Waals surface area contributed by atoms with Crippen LogP contribution in [0, 0.1) is 5.92 Å². The average Bonchev–Trinajstić information content (AvgIpc) is 2.95. The molecule has 1 aliphatic rings. The van der Waals surface area contributed by atoms with Gasteiger partial charge in [0.1, 0.15) is 6.61 Å². The van der Waals surface area contributed by atoms with E-state index in [4.69, 9.17) is 9.26 Å². The summed E-state index contributed by atoms with van der Waals surface area (Å²) in [6.07, 6.45) is 1.53. The summed E-state index contributed by atoms with van der Waals surface area (Å²) in [5.41, 5.74) is 0. The van der Waals surface area contributed by atoms with Gasteiger partial charge in [0.15, 0.2) is 5.82 Å². The van der Waals surface area contributed by atoms with Crippen LogP contribution in [-0.4, -0.2) is 53.6 Å². The molecule has 2 heterocycles. The van der Waals surface area contributed by atoms with Gasteiger partial charge in [-0.05, 0) is 13.3 Å². The van der Waals surface area contributed by atoms with Crippen molar-refractivity contribution in [1.82, 2.24) is 20.4 Å². The summed E-state index contributed by atoms with van der Waals surface area (Å²) in [7, 11) is 1.56. The lowest BCUT2D eigenvalue weighted by molar-refractivity contribution is -0.138. The molecule has 2 amide bonds. The summed E-state index contributed by atoms with van der Waals surface area (Å²) in [6, 6.07) is 0. The topological polar surface area (TPSA) is 97.6 Å². The van der Waals surface area contributed by atoms with Crippen molar-refractivity contribution in [3.05, 3.63) is 11.7 Å². The maximum Gasteiger partial charge on any atom is 0.228 e. The van der Waals surface area contributed by atoms with Gasteiger partial charge in [-0.25, -0.2) is 0 Å². The van der Waals surface area contributed by atoms with Gasteiger partial charge in [0.25, 0.3) is 0 Å². The van der Waals surface area contributed by atoms with Gasteiger partial charge in [-0.15, -0.1) is 0 Å². The fourth-order valence-electron chi connectivity index (χ4n) is 2.45. The number of likely N-dealkylation sites (tertiary alicyclic amines) is 1. The summed E-state index contributed by atoms with van der Waals surface area (Å²) < 4.78 is 9.95. The number of carbonyl (C=O) groups excluding carboxylic acids is 2. The molecule has 1 aromatic rings. The molecule has 0 spiro atoms. The van der Waals surface area contributed by atoms with Crippen molar-refractivity contribution in [3.8, 4) is 0 Å². The number of carbonyl (C=O) groups is 2. The highest BCUT2D eigenvalue weighted by Gasteiger charge is 2.29. The third kappa shape index (κ3) is 4.27. The Labute approximate surface area is 129 Å². The number of aromatic nitrogens is 2. The van der Waals surface area contributed by atoms with E-state index < -0.39 is 0 Å². The lowest BCUT2D eigenvalue weighted by Gasteiger charge is -2.30. The Morgan fingerprint density at radius 2 is 2.36 bits per heavy atom. The Morgan fingerprint density at radius 1 is 1.55 bits per heavy atom. The van der Waals surface area contributed by atoms with Crippen LogP contribution in [0.2, 0.25) is 0 Å². The molecule has 0 unspecified atom stereocenters. The lowest BCUT2D eigenvalue weighted by atomic mass is 9.96. The molecule has 122 valence electrons. The quantitative estimate of drug-likeness (QED) is 0.769. The predicted octanol–water partition coefficient (Wildman–Crippen LogP) is 0.133. The minimum atomic E-state index is -0.135. The van der Waals surface area contributed by atoms with Crippen LogP contribution in [0.15, 0.2) is 4.52 Å². The van der Waals surface area contributed by atoms with E-state index in [-0.39, 0.29) is 17.7 Å². The number of amides is 2. The molecule has 0 radical (unpaired) electrons. The molecule has 1 aliphatic heterocycles. The second-order valence-electron chi connectivity index (χ2n) is 5.25. The van der Waals surface area contributed by atoms with E-state index in [0.29, 0.717) is 57.2 Å². The van der Waals surface area contributed by atoms with E-state index in [1.807, 2.05) is 6.92 Å². The van der Waals surface area contributed by atoms with Gasteiger partial charge in [-0.2, -0.15) is 4.98 Å². The van der Waals surface area contributed by atoms with E-state index >= 15 is 0 Å². The molecular formula is C14H22N4O4. The summed E-state index contributed by atoms with van der Waals surface area (Å²) >= 11 is 0. The van der Waals surface area contributed by atoms with Crippen molar-refractivity contribution in [1.29, 1.82) is 0 Å². The molecule has 8 heteroatoms. The summed E-state index contributed by atoms with van der Waals surface area (Å²) in [6.45, 7) is 3.81. The maximum absolute atomic E-state index is 12.1. The number of rotatable bonds is 7. The predicted molar refractivity (Wildman–Crippen MR) is 76.7 cm³/mol. The highest BCUT2D eigenvalue weighted by atomic mass is 16.5. The molecule has 0 bridgehead atoms. The lowest BCUT2D eigenvalue weighted by Crippen LogP contribution is -2.45. The first kappa shape index (κ1) is 16.4. The normalized spacial score (nSPS) is 18.5. The van der Waals surface area contributed by atoms with Crippen LogP contribution < -0.4 is 5.32 Å². The van der Waals surface area contributed by atoms with Gasteiger partial charge >= 0.3 is 0 Å². The third-order valence-electron chi connectivity index (χ3n) is 3.67. The summed E-state index contributed by atoms with van der Waals surface area (Å²) in [5.74, 6) is 0.935. The Balaban J connectivity index is 1.74. The van der Waals surface area contributed by atoms with Crippen LogP contribution in [0.5, 0.6) is 0 Å². The van der Waals surface area contributed by atoms with Crippen LogP contribution in [-0.2, 0) is 27.4 Å². The van der Waals surface area contributed by atoms with E-state index in [1.165, 1.54) is 0 Å². The largest absolute Gasteiger partial charge is 0.377 e. The van der Waals surface area contributed by atoms with Crippen LogP contribution in [0.1, 0.15) is 31.5 Å². The van der Waals surface area contributed by atoms with Gasteiger partial charge < -0.3 is 19.5 Å². The molecule has 1 N–H and O–H groups in total. The molecule has 1 atom stereocenters. The molecule has 2 rings (SSSR count). The van der Waals surface area contributed by atoms with Gasteiger partial charge in [-0.3, -0.25) is 9.59 Å². The number of hydrogen-bond donors (Lipinski definition) is 1. The molecule has 1 aromatic heterocycles. The molecule has 0 aliphatic carbocycles. The maximum atomic E-state index is 12.1. The molecule has 22 heavy (non-hydrogen) atoms. The zero-order valence-corrected chi connectivity index (χ0v) is 13.0. The van der Waals surface area contributed by atoms with Crippen molar-refractivity contribution < 1.29 is 18.8 Å². The third-order valence-corrected chi connectivity index (χ3v) is 3.67. The smallest absolute Gasteiger partial charge is 0.228 e. The van der Waals surface area contributed by atoms with E-state index in [1.54, 1.807) is 12.0 Å². The van der Waals surface area contributed by atoms with E-state index in [0.717, 1.165) is 0 Å². The number of hydrogen-bond acceptors (Lipinski definition) is 6. The molecule has 1 saturated heterocycles. The van der Waals surface area contributed by atoms with Gasteiger partial charge in [0.05, 0.1) is 5.92 Å². The zero-order chi connectivity index (χ0) is 15.9.